The average Bonchev–Trinajstić information content (AvgIpc) is 2.94. The maximum Gasteiger partial charge on any atom is 0.212 e. The molecule has 0 saturated heterocycles. The molecule has 3 aromatic rings. The van der Waals surface area contributed by atoms with Crippen LogP contribution < -0.4 is 4.74 Å². The molecule has 0 aliphatic heterocycles. The number of aromatic nitrogens is 3. The van der Waals surface area contributed by atoms with Crippen LogP contribution in [0.1, 0.15) is 5.01 Å². The number of nitrogens with zero attached hydrogens (tertiary/aromatic N) is 3. The molecule has 0 N–H and O–H groups in total. The summed E-state index contributed by atoms with van der Waals surface area (Å²) in [4.78, 5) is 4.26. The van der Waals surface area contributed by atoms with Crippen LogP contribution in [0.3, 0.4) is 0 Å². The topological polar surface area (TPSA) is 47.9 Å². The number of hydrogen-bond donors (Lipinski definition) is 0. The number of ether oxygens (including phenoxy) is 1. The zero-order valence-electron chi connectivity index (χ0n) is 11.2. The molecule has 2 aromatic heterocycles. The molecule has 1 aromatic carbocycles. The Kier molecular flexibility index (Phi) is 3.43. The summed E-state index contributed by atoms with van der Waals surface area (Å²) >= 11 is 1.59. The van der Waals surface area contributed by atoms with Crippen LogP contribution >= 0.6 is 11.3 Å². The van der Waals surface area contributed by atoms with Crippen molar-refractivity contribution in [2.45, 2.75) is 6.92 Å². The van der Waals surface area contributed by atoms with Gasteiger partial charge in [-0.2, -0.15) is 0 Å². The highest BCUT2D eigenvalue weighted by Crippen LogP contribution is 2.33. The van der Waals surface area contributed by atoms with E-state index < -0.39 is 0 Å². The number of rotatable bonds is 3. The van der Waals surface area contributed by atoms with Gasteiger partial charge in [-0.25, -0.2) is 4.98 Å². The van der Waals surface area contributed by atoms with Crippen LogP contribution in [0.5, 0.6) is 5.88 Å². The highest BCUT2D eigenvalue weighted by molar-refractivity contribution is 7.14. The number of pyridine rings is 1. The molecular formula is C15H13N3OS. The number of methoxy groups -OCH3 is 1. The van der Waals surface area contributed by atoms with Crippen LogP contribution in [0.25, 0.3) is 21.7 Å². The first-order valence-electron chi connectivity index (χ1n) is 6.18. The normalized spacial score (nSPS) is 10.5. The maximum atomic E-state index is 5.09. The molecule has 4 nitrogen and oxygen atoms in total. The van der Waals surface area contributed by atoms with Gasteiger partial charge in [0.2, 0.25) is 5.88 Å². The van der Waals surface area contributed by atoms with Gasteiger partial charge in [0.25, 0.3) is 0 Å². The van der Waals surface area contributed by atoms with Gasteiger partial charge in [-0.1, -0.05) is 35.6 Å². The van der Waals surface area contributed by atoms with Gasteiger partial charge < -0.3 is 4.74 Å². The zero-order chi connectivity index (χ0) is 13.9. The van der Waals surface area contributed by atoms with E-state index in [9.17, 15) is 0 Å². The third kappa shape index (κ3) is 2.40. The molecule has 0 radical (unpaired) electrons. The van der Waals surface area contributed by atoms with Crippen LogP contribution in [-0.2, 0) is 0 Å². The van der Waals surface area contributed by atoms with Crippen molar-refractivity contribution in [3.05, 3.63) is 47.6 Å². The SMILES string of the molecule is COc1ccc(-c2ccccc2-c2nnc(C)s2)cn1. The molecule has 20 heavy (non-hydrogen) atoms. The second-order valence-corrected chi connectivity index (χ2v) is 5.44. The van der Waals surface area contributed by atoms with Crippen molar-refractivity contribution in [2.75, 3.05) is 7.11 Å². The molecular weight excluding hydrogens is 270 g/mol. The molecule has 0 bridgehead atoms. The zero-order valence-corrected chi connectivity index (χ0v) is 12.0. The van der Waals surface area contributed by atoms with Gasteiger partial charge in [0.1, 0.15) is 10.0 Å². The maximum absolute atomic E-state index is 5.09. The van der Waals surface area contributed by atoms with Crippen LogP contribution in [0, 0.1) is 6.92 Å². The Morgan fingerprint density at radius 1 is 1.00 bits per heavy atom. The smallest absolute Gasteiger partial charge is 0.212 e. The van der Waals surface area contributed by atoms with Crippen LogP contribution in [0.15, 0.2) is 42.6 Å². The van der Waals surface area contributed by atoms with Gasteiger partial charge in [0.15, 0.2) is 0 Å². The summed E-state index contributed by atoms with van der Waals surface area (Å²) in [6.45, 7) is 1.96. The molecule has 5 heteroatoms. The predicted molar refractivity (Wildman–Crippen MR) is 79.9 cm³/mol. The minimum Gasteiger partial charge on any atom is -0.481 e. The van der Waals surface area contributed by atoms with Gasteiger partial charge in [-0.05, 0) is 18.6 Å². The minimum atomic E-state index is 0.609. The largest absolute Gasteiger partial charge is 0.481 e. The van der Waals surface area contributed by atoms with E-state index in [-0.39, 0.29) is 0 Å². The van der Waals surface area contributed by atoms with E-state index in [1.165, 1.54) is 0 Å². The lowest BCUT2D eigenvalue weighted by Crippen LogP contribution is -1.89. The molecule has 100 valence electrons. The van der Waals surface area contributed by atoms with Crippen molar-refractivity contribution in [1.29, 1.82) is 0 Å². The van der Waals surface area contributed by atoms with Crippen molar-refractivity contribution >= 4 is 11.3 Å². The fourth-order valence-electron chi connectivity index (χ4n) is 1.99. The summed E-state index contributed by atoms with van der Waals surface area (Å²) in [5.74, 6) is 0.609. The van der Waals surface area contributed by atoms with E-state index in [0.29, 0.717) is 5.88 Å². The molecule has 0 fully saturated rings. The van der Waals surface area contributed by atoms with E-state index in [0.717, 1.165) is 26.7 Å². The van der Waals surface area contributed by atoms with E-state index in [1.54, 1.807) is 18.4 Å². The van der Waals surface area contributed by atoms with Crippen LogP contribution in [0.4, 0.5) is 0 Å². The molecule has 0 aliphatic rings. The van der Waals surface area contributed by atoms with Crippen molar-refractivity contribution in [3.63, 3.8) is 0 Å². The number of benzene rings is 1. The standard InChI is InChI=1S/C15H13N3OS/c1-10-17-18-15(20-10)13-6-4-3-5-12(13)11-7-8-14(19-2)16-9-11/h3-9H,1-2H3. The Labute approximate surface area is 121 Å². The molecule has 0 aliphatic carbocycles. The molecule has 0 atom stereocenters. The van der Waals surface area contributed by atoms with E-state index >= 15 is 0 Å². The number of aryl methyl sites for hydroxylation is 1. The summed E-state index contributed by atoms with van der Waals surface area (Å²) in [6, 6.07) is 12.0. The first-order valence-corrected chi connectivity index (χ1v) is 6.99. The Morgan fingerprint density at radius 3 is 2.40 bits per heavy atom. The Morgan fingerprint density at radius 2 is 1.80 bits per heavy atom. The Bertz CT molecular complexity index is 722. The number of hydrogen-bond acceptors (Lipinski definition) is 5. The third-order valence-electron chi connectivity index (χ3n) is 2.94. The highest BCUT2D eigenvalue weighted by atomic mass is 32.1. The van der Waals surface area contributed by atoms with Gasteiger partial charge in [-0.3, -0.25) is 0 Å². The molecule has 2 heterocycles. The summed E-state index contributed by atoms with van der Waals surface area (Å²) in [5.41, 5.74) is 3.21. The predicted octanol–water partition coefficient (Wildman–Crippen LogP) is 3.58. The molecule has 0 saturated carbocycles. The fraction of sp³-hybridized carbons (Fsp3) is 0.133. The van der Waals surface area contributed by atoms with Gasteiger partial charge in [-0.15, -0.1) is 10.2 Å². The lowest BCUT2D eigenvalue weighted by atomic mass is 10.0. The molecule has 0 spiro atoms. The molecule has 3 rings (SSSR count). The second kappa shape index (κ2) is 5.38. The van der Waals surface area contributed by atoms with E-state index in [1.807, 2.05) is 37.4 Å². The van der Waals surface area contributed by atoms with Gasteiger partial charge in [0.05, 0.1) is 7.11 Å². The van der Waals surface area contributed by atoms with Crippen LogP contribution in [0.2, 0.25) is 0 Å². The lowest BCUT2D eigenvalue weighted by Gasteiger charge is -2.07. The monoisotopic (exact) mass is 283 g/mol. The highest BCUT2D eigenvalue weighted by Gasteiger charge is 2.11. The van der Waals surface area contributed by atoms with Gasteiger partial charge >= 0.3 is 0 Å². The third-order valence-corrected chi connectivity index (χ3v) is 3.81. The van der Waals surface area contributed by atoms with Crippen LogP contribution in [-0.4, -0.2) is 22.3 Å². The van der Waals surface area contributed by atoms with Gasteiger partial charge in [0, 0.05) is 23.4 Å². The molecule has 0 unspecified atom stereocenters. The lowest BCUT2D eigenvalue weighted by molar-refractivity contribution is 0.398. The first-order chi connectivity index (χ1) is 9.78. The quantitative estimate of drug-likeness (QED) is 0.737. The van der Waals surface area contributed by atoms with E-state index in [4.69, 9.17) is 4.74 Å². The summed E-state index contributed by atoms with van der Waals surface area (Å²) in [5, 5.41) is 10.2. The summed E-state index contributed by atoms with van der Waals surface area (Å²) < 4.78 is 5.09. The van der Waals surface area contributed by atoms with Crippen molar-refractivity contribution in [3.8, 4) is 27.6 Å². The van der Waals surface area contributed by atoms with Crippen molar-refractivity contribution in [2.24, 2.45) is 0 Å². The van der Waals surface area contributed by atoms with E-state index in [2.05, 4.69) is 27.3 Å². The van der Waals surface area contributed by atoms with Crippen molar-refractivity contribution < 1.29 is 4.74 Å². The second-order valence-electron chi connectivity index (χ2n) is 4.26. The average molecular weight is 283 g/mol. The first kappa shape index (κ1) is 12.7. The Balaban J connectivity index is 2.09. The Hall–Kier alpha value is -2.27. The minimum absolute atomic E-state index is 0.609. The summed E-state index contributed by atoms with van der Waals surface area (Å²) in [6.07, 6.45) is 1.81. The van der Waals surface area contributed by atoms with Crippen molar-refractivity contribution in [1.82, 2.24) is 15.2 Å². The fourth-order valence-corrected chi connectivity index (χ4v) is 2.72. The summed E-state index contributed by atoms with van der Waals surface area (Å²) in [7, 11) is 1.61. The molecule has 0 amide bonds.